The third-order valence-electron chi connectivity index (χ3n) is 4.03. The molecule has 1 heterocycles. The van der Waals surface area contributed by atoms with Gasteiger partial charge in [0.1, 0.15) is 6.61 Å². The van der Waals surface area contributed by atoms with Crippen molar-refractivity contribution >= 4 is 34.8 Å². The first-order chi connectivity index (χ1) is 14.4. The fourth-order valence-electron chi connectivity index (χ4n) is 2.50. The van der Waals surface area contributed by atoms with E-state index in [0.717, 1.165) is 0 Å². The average Bonchev–Trinajstić information content (AvgIpc) is 2.73. The lowest BCUT2D eigenvalue weighted by atomic mass is 10.1. The summed E-state index contributed by atoms with van der Waals surface area (Å²) < 4.78 is 5.33. The third-order valence-corrected chi connectivity index (χ3v) is 4.03. The molecule has 1 aromatic heterocycles. The molecule has 0 bridgehead atoms. The maximum atomic E-state index is 11.4. The number of rotatable bonds is 9. The fraction of sp³-hybridized carbons (Fsp3) is 0.190. The SMILES string of the molecule is CC(=O)c1ccc(Nc2nc(Nc3ccc(C(C)=O)cc3)nc(OCCO)n2)cc1. The molecule has 2 aromatic carbocycles. The molecule has 0 aliphatic heterocycles. The van der Waals surface area contributed by atoms with Crippen LogP contribution in [0.5, 0.6) is 6.01 Å². The van der Waals surface area contributed by atoms with Gasteiger partial charge in [-0.1, -0.05) is 0 Å². The zero-order valence-electron chi connectivity index (χ0n) is 16.5. The molecule has 0 aliphatic carbocycles. The molecule has 0 unspecified atom stereocenters. The number of carbonyl (C=O) groups excluding carboxylic acids is 2. The molecule has 3 aromatic rings. The van der Waals surface area contributed by atoms with Crippen LogP contribution in [0.4, 0.5) is 23.3 Å². The Morgan fingerprint density at radius 2 is 1.23 bits per heavy atom. The van der Waals surface area contributed by atoms with Crippen molar-refractivity contribution in [3.05, 3.63) is 59.7 Å². The van der Waals surface area contributed by atoms with E-state index in [9.17, 15) is 9.59 Å². The van der Waals surface area contributed by atoms with E-state index in [0.29, 0.717) is 22.5 Å². The van der Waals surface area contributed by atoms with Gasteiger partial charge in [-0.3, -0.25) is 9.59 Å². The quantitative estimate of drug-likeness (QED) is 0.458. The molecule has 0 atom stereocenters. The number of nitrogens with zero attached hydrogens (tertiary/aromatic N) is 3. The zero-order valence-corrected chi connectivity index (χ0v) is 16.5. The molecular formula is C21H21N5O4. The Bertz CT molecular complexity index is 959. The first kappa shape index (κ1) is 20.9. The zero-order chi connectivity index (χ0) is 21.5. The molecule has 0 aliphatic rings. The Kier molecular flexibility index (Phi) is 6.66. The molecule has 0 radical (unpaired) electrons. The molecule has 0 saturated heterocycles. The van der Waals surface area contributed by atoms with E-state index < -0.39 is 0 Å². The highest BCUT2D eigenvalue weighted by Crippen LogP contribution is 2.20. The second-order valence-corrected chi connectivity index (χ2v) is 6.35. The number of aromatic nitrogens is 3. The Morgan fingerprint density at radius 1 is 0.800 bits per heavy atom. The Balaban J connectivity index is 1.83. The topological polar surface area (TPSA) is 126 Å². The van der Waals surface area contributed by atoms with E-state index in [2.05, 4.69) is 25.6 Å². The number of Topliss-reactive ketones (excluding diaryl/α,β-unsaturated/α-hetero) is 2. The molecule has 0 spiro atoms. The Morgan fingerprint density at radius 3 is 1.60 bits per heavy atom. The van der Waals surface area contributed by atoms with Gasteiger partial charge in [-0.05, 0) is 62.4 Å². The van der Waals surface area contributed by atoms with E-state index >= 15 is 0 Å². The van der Waals surface area contributed by atoms with Crippen LogP contribution in [0.25, 0.3) is 0 Å². The van der Waals surface area contributed by atoms with Crippen LogP contribution in [-0.4, -0.2) is 44.8 Å². The highest BCUT2D eigenvalue weighted by atomic mass is 16.5. The van der Waals surface area contributed by atoms with E-state index in [1.807, 2.05) is 0 Å². The summed E-state index contributed by atoms with van der Waals surface area (Å²) in [4.78, 5) is 35.5. The molecular weight excluding hydrogens is 386 g/mol. The summed E-state index contributed by atoms with van der Waals surface area (Å²) in [7, 11) is 0. The van der Waals surface area contributed by atoms with E-state index in [1.165, 1.54) is 13.8 Å². The number of anilines is 4. The van der Waals surface area contributed by atoms with Crippen molar-refractivity contribution in [2.75, 3.05) is 23.8 Å². The summed E-state index contributed by atoms with van der Waals surface area (Å²) in [5, 5.41) is 15.1. The maximum Gasteiger partial charge on any atom is 0.323 e. The van der Waals surface area contributed by atoms with Gasteiger partial charge in [0.2, 0.25) is 11.9 Å². The minimum Gasteiger partial charge on any atom is -0.461 e. The van der Waals surface area contributed by atoms with Gasteiger partial charge in [-0.15, -0.1) is 0 Å². The lowest BCUT2D eigenvalue weighted by molar-refractivity contribution is 0.100. The van der Waals surface area contributed by atoms with Crippen molar-refractivity contribution in [2.45, 2.75) is 13.8 Å². The van der Waals surface area contributed by atoms with Crippen molar-refractivity contribution in [3.8, 4) is 6.01 Å². The number of ketones is 2. The predicted octanol–water partition coefficient (Wildman–Crippen LogP) is 3.14. The number of aliphatic hydroxyl groups excluding tert-OH is 1. The van der Waals surface area contributed by atoms with Crippen LogP contribution in [0.15, 0.2) is 48.5 Å². The molecule has 9 heteroatoms. The molecule has 154 valence electrons. The summed E-state index contributed by atoms with van der Waals surface area (Å²) in [6.07, 6.45) is 0. The Hall–Kier alpha value is -3.85. The van der Waals surface area contributed by atoms with Gasteiger partial charge in [-0.2, -0.15) is 15.0 Å². The fourth-order valence-corrected chi connectivity index (χ4v) is 2.50. The summed E-state index contributed by atoms with van der Waals surface area (Å²) in [6.45, 7) is 2.85. The second kappa shape index (κ2) is 9.57. The molecule has 3 N–H and O–H groups in total. The monoisotopic (exact) mass is 407 g/mol. The van der Waals surface area contributed by atoms with Gasteiger partial charge < -0.3 is 20.5 Å². The van der Waals surface area contributed by atoms with Crippen molar-refractivity contribution in [3.63, 3.8) is 0 Å². The van der Waals surface area contributed by atoms with Crippen LogP contribution in [0.2, 0.25) is 0 Å². The van der Waals surface area contributed by atoms with Gasteiger partial charge in [0.25, 0.3) is 0 Å². The number of nitrogens with one attached hydrogen (secondary N) is 2. The van der Waals surface area contributed by atoms with E-state index in [1.54, 1.807) is 48.5 Å². The summed E-state index contributed by atoms with van der Waals surface area (Å²) in [5.74, 6) is 0.389. The molecule has 30 heavy (non-hydrogen) atoms. The highest BCUT2D eigenvalue weighted by molar-refractivity contribution is 5.94. The molecule has 3 rings (SSSR count). The number of hydrogen-bond acceptors (Lipinski definition) is 9. The van der Waals surface area contributed by atoms with Crippen LogP contribution in [0.3, 0.4) is 0 Å². The van der Waals surface area contributed by atoms with Gasteiger partial charge in [0.05, 0.1) is 6.61 Å². The van der Waals surface area contributed by atoms with Gasteiger partial charge >= 0.3 is 6.01 Å². The minimum absolute atomic E-state index is 0.0244. The van der Waals surface area contributed by atoms with Crippen LogP contribution in [-0.2, 0) is 0 Å². The van der Waals surface area contributed by atoms with E-state index in [4.69, 9.17) is 9.84 Å². The standard InChI is InChI=1S/C21H21N5O4/c1-13(28)15-3-7-17(8-4-15)22-19-24-20(26-21(25-19)30-12-11-27)23-18-9-5-16(6-10-18)14(2)29/h3-10,27H,11-12H2,1-2H3,(H2,22,23,24,25,26). The third kappa shape index (κ3) is 5.58. The number of carbonyl (C=O) groups is 2. The average molecular weight is 407 g/mol. The normalized spacial score (nSPS) is 10.4. The summed E-state index contributed by atoms with van der Waals surface area (Å²) in [5.41, 5.74) is 2.55. The first-order valence-electron chi connectivity index (χ1n) is 9.20. The highest BCUT2D eigenvalue weighted by Gasteiger charge is 2.10. The van der Waals surface area contributed by atoms with Gasteiger partial charge in [-0.25, -0.2) is 0 Å². The van der Waals surface area contributed by atoms with Gasteiger partial charge in [0, 0.05) is 22.5 Å². The molecule has 0 saturated carbocycles. The smallest absolute Gasteiger partial charge is 0.323 e. The molecule has 9 nitrogen and oxygen atoms in total. The lowest BCUT2D eigenvalue weighted by Gasteiger charge is -2.11. The molecule has 0 fully saturated rings. The lowest BCUT2D eigenvalue weighted by Crippen LogP contribution is -2.09. The van der Waals surface area contributed by atoms with Crippen LogP contribution in [0.1, 0.15) is 34.6 Å². The largest absolute Gasteiger partial charge is 0.461 e. The van der Waals surface area contributed by atoms with Crippen molar-refractivity contribution in [1.29, 1.82) is 0 Å². The minimum atomic E-state index is -0.184. The number of aliphatic hydroxyl groups is 1. The number of benzene rings is 2. The van der Waals surface area contributed by atoms with E-state index in [-0.39, 0.29) is 42.7 Å². The van der Waals surface area contributed by atoms with Gasteiger partial charge in [0.15, 0.2) is 11.6 Å². The van der Waals surface area contributed by atoms with Crippen LogP contribution < -0.4 is 15.4 Å². The van der Waals surface area contributed by atoms with Crippen molar-refractivity contribution in [1.82, 2.24) is 15.0 Å². The first-order valence-corrected chi connectivity index (χ1v) is 9.20. The predicted molar refractivity (Wildman–Crippen MR) is 112 cm³/mol. The summed E-state index contributed by atoms with van der Waals surface area (Å²) >= 11 is 0. The summed E-state index contributed by atoms with van der Waals surface area (Å²) in [6, 6.07) is 13.8. The second-order valence-electron chi connectivity index (χ2n) is 6.35. The molecule has 0 amide bonds. The maximum absolute atomic E-state index is 11.4. The number of hydrogen-bond donors (Lipinski definition) is 3. The van der Waals surface area contributed by atoms with Crippen molar-refractivity contribution < 1.29 is 19.4 Å². The van der Waals surface area contributed by atoms with Crippen LogP contribution in [0, 0.1) is 0 Å². The van der Waals surface area contributed by atoms with Crippen LogP contribution >= 0.6 is 0 Å². The van der Waals surface area contributed by atoms with Crippen molar-refractivity contribution in [2.24, 2.45) is 0 Å². The number of ether oxygens (including phenoxy) is 1. The Labute approximate surface area is 173 Å².